The predicted octanol–water partition coefficient (Wildman–Crippen LogP) is 1.57. The van der Waals surface area contributed by atoms with Crippen molar-refractivity contribution in [1.82, 2.24) is 9.78 Å². The maximum absolute atomic E-state index is 11.1. The lowest BCUT2D eigenvalue weighted by Crippen LogP contribution is -2.21. The summed E-state index contributed by atoms with van der Waals surface area (Å²) in [5, 5.41) is 3.97. The number of aryl methyl sites for hydroxylation is 1. The van der Waals surface area contributed by atoms with E-state index in [1.54, 1.807) is 6.92 Å². The highest BCUT2D eigenvalue weighted by Gasteiger charge is 2.04. The molecule has 0 aliphatic carbocycles. The van der Waals surface area contributed by atoms with E-state index in [-0.39, 0.29) is 15.6 Å². The van der Waals surface area contributed by atoms with Crippen LogP contribution < -0.4 is 5.56 Å². The van der Waals surface area contributed by atoms with E-state index in [1.807, 2.05) is 0 Å². The molecule has 0 atom stereocenters. The van der Waals surface area contributed by atoms with E-state index >= 15 is 0 Å². The minimum Gasteiger partial charge on any atom is -0.266 e. The summed E-state index contributed by atoms with van der Waals surface area (Å²) >= 11 is 11.1. The quantitative estimate of drug-likeness (QED) is 0.678. The molecule has 1 aromatic heterocycles. The maximum atomic E-state index is 11.1. The van der Waals surface area contributed by atoms with Gasteiger partial charge in [-0.25, -0.2) is 4.68 Å². The van der Waals surface area contributed by atoms with Crippen molar-refractivity contribution in [3.05, 3.63) is 26.6 Å². The fourth-order valence-corrected chi connectivity index (χ4v) is 0.941. The molecular formula is C6H6Cl2N2O. The van der Waals surface area contributed by atoms with Gasteiger partial charge in [0.25, 0.3) is 5.56 Å². The van der Waals surface area contributed by atoms with Crippen LogP contribution in [-0.2, 0) is 6.54 Å². The molecule has 1 rings (SSSR count). The largest absolute Gasteiger partial charge is 0.287 e. The van der Waals surface area contributed by atoms with Crippen molar-refractivity contribution in [3.63, 3.8) is 0 Å². The van der Waals surface area contributed by atoms with E-state index in [0.717, 1.165) is 0 Å². The summed E-state index contributed by atoms with van der Waals surface area (Å²) in [5.41, 5.74) is -0.346. The van der Waals surface area contributed by atoms with Crippen LogP contribution >= 0.6 is 23.2 Å². The lowest BCUT2D eigenvalue weighted by molar-refractivity contribution is 0.616. The molecule has 0 fully saturated rings. The molecule has 0 aliphatic rings. The molecule has 0 aromatic carbocycles. The van der Waals surface area contributed by atoms with E-state index < -0.39 is 0 Å². The monoisotopic (exact) mass is 192 g/mol. The minimum absolute atomic E-state index is 0.0310. The third-order valence-electron chi connectivity index (χ3n) is 1.24. The number of halogens is 2. The van der Waals surface area contributed by atoms with Gasteiger partial charge in [-0.1, -0.05) is 23.2 Å². The lowest BCUT2D eigenvalue weighted by Gasteiger charge is -1.99. The van der Waals surface area contributed by atoms with Gasteiger partial charge in [-0.15, -0.1) is 0 Å². The summed E-state index contributed by atoms with van der Waals surface area (Å²) in [5.74, 6) is 0. The Morgan fingerprint density at radius 1 is 1.64 bits per heavy atom. The van der Waals surface area contributed by atoms with Gasteiger partial charge in [-0.3, -0.25) is 4.79 Å². The molecule has 1 aromatic rings. The van der Waals surface area contributed by atoms with Crippen LogP contribution in [0.1, 0.15) is 6.92 Å². The molecule has 5 heteroatoms. The first kappa shape index (κ1) is 8.56. The van der Waals surface area contributed by atoms with Gasteiger partial charge in [0, 0.05) is 6.54 Å². The van der Waals surface area contributed by atoms with Gasteiger partial charge in [0.05, 0.1) is 11.2 Å². The molecule has 0 N–H and O–H groups in total. The molecule has 0 aliphatic heterocycles. The number of hydrogen-bond donors (Lipinski definition) is 0. The normalized spacial score (nSPS) is 10.1. The highest BCUT2D eigenvalue weighted by atomic mass is 35.5. The van der Waals surface area contributed by atoms with E-state index in [2.05, 4.69) is 5.10 Å². The van der Waals surface area contributed by atoms with E-state index in [0.29, 0.717) is 6.54 Å². The second kappa shape index (κ2) is 3.24. The SMILES string of the molecule is CCn1ncc(Cl)c(Cl)c1=O. The molecule has 1 heterocycles. The van der Waals surface area contributed by atoms with Crippen LogP contribution in [0.4, 0.5) is 0 Å². The number of hydrogen-bond acceptors (Lipinski definition) is 2. The molecule has 0 radical (unpaired) electrons. The first-order valence-corrected chi connectivity index (χ1v) is 3.83. The predicted molar refractivity (Wildman–Crippen MR) is 44.2 cm³/mol. The minimum atomic E-state index is -0.346. The lowest BCUT2D eigenvalue weighted by atomic mass is 10.5. The topological polar surface area (TPSA) is 34.9 Å². The average Bonchev–Trinajstić information content (AvgIpc) is 2.01. The van der Waals surface area contributed by atoms with Gasteiger partial charge in [-0.05, 0) is 6.92 Å². The summed E-state index contributed by atoms with van der Waals surface area (Å²) in [4.78, 5) is 11.1. The Balaban J connectivity index is 3.37. The van der Waals surface area contributed by atoms with Crippen LogP contribution in [0.15, 0.2) is 11.0 Å². The van der Waals surface area contributed by atoms with Crippen molar-refractivity contribution in [1.29, 1.82) is 0 Å². The molecule has 0 unspecified atom stereocenters. The Labute approximate surface area is 73.5 Å². The summed E-state index contributed by atoms with van der Waals surface area (Å²) in [6.07, 6.45) is 1.36. The van der Waals surface area contributed by atoms with E-state index in [1.165, 1.54) is 10.9 Å². The van der Waals surface area contributed by atoms with Crippen molar-refractivity contribution >= 4 is 23.2 Å². The first-order valence-electron chi connectivity index (χ1n) is 3.08. The van der Waals surface area contributed by atoms with Gasteiger partial charge >= 0.3 is 0 Å². The molecule has 11 heavy (non-hydrogen) atoms. The fraction of sp³-hybridized carbons (Fsp3) is 0.333. The smallest absolute Gasteiger partial charge is 0.266 e. The van der Waals surface area contributed by atoms with Crippen LogP contribution in [0.5, 0.6) is 0 Å². The van der Waals surface area contributed by atoms with Gasteiger partial charge in [0.1, 0.15) is 5.02 Å². The van der Waals surface area contributed by atoms with Crippen molar-refractivity contribution in [2.45, 2.75) is 13.5 Å². The molecule has 0 spiro atoms. The molecular weight excluding hydrogens is 187 g/mol. The van der Waals surface area contributed by atoms with Crippen molar-refractivity contribution in [2.75, 3.05) is 0 Å². The molecule has 0 saturated heterocycles. The summed E-state index contributed by atoms with van der Waals surface area (Å²) in [7, 11) is 0. The zero-order chi connectivity index (χ0) is 8.43. The molecule has 0 bridgehead atoms. The maximum Gasteiger partial charge on any atom is 0.287 e. The molecule has 0 amide bonds. The van der Waals surface area contributed by atoms with Crippen LogP contribution in [0.25, 0.3) is 0 Å². The first-order chi connectivity index (χ1) is 5.16. The number of nitrogens with zero attached hydrogens (tertiary/aromatic N) is 2. The highest BCUT2D eigenvalue weighted by molar-refractivity contribution is 6.41. The van der Waals surface area contributed by atoms with Crippen LogP contribution in [0, 0.1) is 0 Å². The summed E-state index contributed by atoms with van der Waals surface area (Å²) < 4.78 is 1.24. The summed E-state index contributed by atoms with van der Waals surface area (Å²) in [6, 6.07) is 0. The Morgan fingerprint density at radius 2 is 2.27 bits per heavy atom. The second-order valence-corrected chi connectivity index (χ2v) is 2.71. The Morgan fingerprint density at radius 3 is 2.82 bits per heavy atom. The third kappa shape index (κ3) is 1.54. The average molecular weight is 193 g/mol. The van der Waals surface area contributed by atoms with Gasteiger partial charge < -0.3 is 0 Å². The Kier molecular flexibility index (Phi) is 2.52. The fourth-order valence-electron chi connectivity index (χ4n) is 0.670. The molecule has 0 saturated carbocycles. The van der Waals surface area contributed by atoms with Crippen molar-refractivity contribution in [2.24, 2.45) is 0 Å². The van der Waals surface area contributed by atoms with Crippen molar-refractivity contribution in [3.8, 4) is 0 Å². The number of aromatic nitrogens is 2. The van der Waals surface area contributed by atoms with E-state index in [9.17, 15) is 4.79 Å². The van der Waals surface area contributed by atoms with Crippen molar-refractivity contribution < 1.29 is 0 Å². The van der Waals surface area contributed by atoms with Crippen LogP contribution in [0.3, 0.4) is 0 Å². The van der Waals surface area contributed by atoms with Gasteiger partial charge in [-0.2, -0.15) is 5.10 Å². The number of rotatable bonds is 1. The van der Waals surface area contributed by atoms with Crippen LogP contribution in [-0.4, -0.2) is 9.78 Å². The second-order valence-electron chi connectivity index (χ2n) is 1.93. The molecule has 60 valence electrons. The molecule has 3 nitrogen and oxygen atoms in total. The Hall–Kier alpha value is -0.540. The Bertz CT molecular complexity index is 321. The highest BCUT2D eigenvalue weighted by Crippen LogP contribution is 2.14. The van der Waals surface area contributed by atoms with Gasteiger partial charge in [0.2, 0.25) is 0 Å². The van der Waals surface area contributed by atoms with E-state index in [4.69, 9.17) is 23.2 Å². The standard InChI is InChI=1S/C6H6Cl2N2O/c1-2-10-6(11)5(8)4(7)3-9-10/h3H,2H2,1H3. The third-order valence-corrected chi connectivity index (χ3v) is 1.99. The summed E-state index contributed by atoms with van der Waals surface area (Å²) in [6.45, 7) is 2.30. The van der Waals surface area contributed by atoms with Gasteiger partial charge in [0.15, 0.2) is 0 Å². The van der Waals surface area contributed by atoms with Crippen LogP contribution in [0.2, 0.25) is 10.0 Å². The zero-order valence-corrected chi connectivity index (χ0v) is 7.35. The zero-order valence-electron chi connectivity index (χ0n) is 5.84.